The molecule has 4 nitrogen and oxygen atoms in total. The predicted molar refractivity (Wildman–Crippen MR) is 61.4 cm³/mol. The van der Waals surface area contributed by atoms with Gasteiger partial charge in [0.1, 0.15) is 11.3 Å². The van der Waals surface area contributed by atoms with Crippen molar-refractivity contribution in [1.82, 2.24) is 0 Å². The number of rotatable bonds is 3. The Hall–Kier alpha value is -1.52. The van der Waals surface area contributed by atoms with Crippen molar-refractivity contribution in [2.45, 2.75) is 19.1 Å². The first-order chi connectivity index (χ1) is 7.65. The van der Waals surface area contributed by atoms with E-state index in [1.54, 1.807) is 32.4 Å². The number of furan rings is 1. The number of methoxy groups -OCH3 is 1. The predicted octanol–water partition coefficient (Wildman–Crippen LogP) is 1.82. The Labute approximate surface area is 93.6 Å². The molecule has 0 saturated carbocycles. The van der Waals surface area contributed by atoms with E-state index in [0.29, 0.717) is 11.3 Å². The smallest absolute Gasteiger partial charge is 0.137 e. The van der Waals surface area contributed by atoms with E-state index < -0.39 is 6.10 Å². The molecule has 2 rings (SSSR count). The van der Waals surface area contributed by atoms with Crippen molar-refractivity contribution in [3.63, 3.8) is 0 Å². The van der Waals surface area contributed by atoms with Crippen molar-refractivity contribution >= 4 is 11.0 Å². The molecule has 3 N–H and O–H groups in total. The number of nitrogens with two attached hydrogens (primary N) is 1. The van der Waals surface area contributed by atoms with Gasteiger partial charge in [-0.05, 0) is 25.1 Å². The maximum absolute atomic E-state index is 9.97. The summed E-state index contributed by atoms with van der Waals surface area (Å²) < 4.78 is 10.6. The van der Waals surface area contributed by atoms with Gasteiger partial charge in [-0.2, -0.15) is 0 Å². The van der Waals surface area contributed by atoms with Crippen LogP contribution in [0.3, 0.4) is 0 Å². The molecule has 2 unspecified atom stereocenters. The first-order valence-electron chi connectivity index (χ1n) is 5.13. The molecular formula is C12H15NO3. The van der Waals surface area contributed by atoms with Crippen LogP contribution < -0.4 is 10.5 Å². The highest BCUT2D eigenvalue weighted by Crippen LogP contribution is 2.34. The van der Waals surface area contributed by atoms with Crippen LogP contribution in [-0.4, -0.2) is 18.3 Å². The molecule has 1 aromatic heterocycles. The zero-order valence-electron chi connectivity index (χ0n) is 9.31. The molecule has 0 aliphatic carbocycles. The standard InChI is InChI=1S/C12H15NO3/c1-7(13)11(14)9-3-4-10-8(5-6-16-10)12(9)15-2/h3-7,11,14H,13H2,1-2H3. The number of fused-ring (bicyclic) bond motifs is 1. The number of hydrogen-bond acceptors (Lipinski definition) is 4. The van der Waals surface area contributed by atoms with E-state index in [9.17, 15) is 5.11 Å². The van der Waals surface area contributed by atoms with Crippen LogP contribution in [0.25, 0.3) is 11.0 Å². The van der Waals surface area contributed by atoms with Gasteiger partial charge in [-0.1, -0.05) is 0 Å². The van der Waals surface area contributed by atoms with Gasteiger partial charge in [-0.3, -0.25) is 0 Å². The van der Waals surface area contributed by atoms with Gasteiger partial charge in [0.15, 0.2) is 0 Å². The topological polar surface area (TPSA) is 68.6 Å². The van der Waals surface area contributed by atoms with Gasteiger partial charge < -0.3 is 20.0 Å². The Bertz CT molecular complexity index is 490. The summed E-state index contributed by atoms with van der Waals surface area (Å²) in [5, 5.41) is 10.8. The molecule has 16 heavy (non-hydrogen) atoms. The third kappa shape index (κ3) is 1.66. The van der Waals surface area contributed by atoms with Crippen LogP contribution in [0, 0.1) is 0 Å². The summed E-state index contributed by atoms with van der Waals surface area (Å²) in [5.74, 6) is 0.621. The molecule has 0 bridgehead atoms. The zero-order chi connectivity index (χ0) is 11.7. The van der Waals surface area contributed by atoms with E-state index in [1.807, 2.05) is 6.07 Å². The van der Waals surface area contributed by atoms with Crippen molar-refractivity contribution in [3.05, 3.63) is 30.0 Å². The molecule has 0 fully saturated rings. The summed E-state index contributed by atoms with van der Waals surface area (Å²) in [6.07, 6.45) is 0.851. The quantitative estimate of drug-likeness (QED) is 0.829. The van der Waals surface area contributed by atoms with Crippen LogP contribution in [-0.2, 0) is 0 Å². The molecule has 0 radical (unpaired) electrons. The van der Waals surface area contributed by atoms with Gasteiger partial charge in [-0.25, -0.2) is 0 Å². The summed E-state index contributed by atoms with van der Waals surface area (Å²) in [6.45, 7) is 1.75. The van der Waals surface area contributed by atoms with E-state index >= 15 is 0 Å². The van der Waals surface area contributed by atoms with E-state index in [-0.39, 0.29) is 6.04 Å². The van der Waals surface area contributed by atoms with E-state index in [4.69, 9.17) is 14.9 Å². The van der Waals surface area contributed by atoms with Crippen LogP contribution in [0.2, 0.25) is 0 Å². The molecule has 0 aliphatic heterocycles. The average molecular weight is 221 g/mol. The van der Waals surface area contributed by atoms with Gasteiger partial charge in [0.2, 0.25) is 0 Å². The van der Waals surface area contributed by atoms with Crippen molar-refractivity contribution < 1.29 is 14.3 Å². The molecule has 86 valence electrons. The number of benzene rings is 1. The second-order valence-corrected chi connectivity index (χ2v) is 3.82. The summed E-state index contributed by atoms with van der Waals surface area (Å²) in [5.41, 5.74) is 7.10. The van der Waals surface area contributed by atoms with E-state index in [1.165, 1.54) is 0 Å². The Morgan fingerprint density at radius 1 is 1.38 bits per heavy atom. The third-order valence-corrected chi connectivity index (χ3v) is 2.64. The first-order valence-corrected chi connectivity index (χ1v) is 5.13. The largest absolute Gasteiger partial charge is 0.496 e. The molecule has 0 amide bonds. The lowest BCUT2D eigenvalue weighted by Gasteiger charge is -2.18. The van der Waals surface area contributed by atoms with Gasteiger partial charge >= 0.3 is 0 Å². The second kappa shape index (κ2) is 4.15. The summed E-state index contributed by atoms with van der Waals surface area (Å²) in [7, 11) is 1.57. The van der Waals surface area contributed by atoms with Gasteiger partial charge in [0.25, 0.3) is 0 Å². The molecule has 2 atom stereocenters. The van der Waals surface area contributed by atoms with Crippen LogP contribution in [0.1, 0.15) is 18.6 Å². The molecule has 0 saturated heterocycles. The molecule has 4 heteroatoms. The Balaban J connectivity index is 2.60. The van der Waals surface area contributed by atoms with Crippen molar-refractivity contribution in [1.29, 1.82) is 0 Å². The average Bonchev–Trinajstić information content (AvgIpc) is 2.74. The molecule has 0 aliphatic rings. The zero-order valence-corrected chi connectivity index (χ0v) is 9.31. The highest BCUT2D eigenvalue weighted by atomic mass is 16.5. The lowest BCUT2D eigenvalue weighted by Crippen LogP contribution is -2.24. The monoisotopic (exact) mass is 221 g/mol. The third-order valence-electron chi connectivity index (χ3n) is 2.64. The maximum atomic E-state index is 9.97. The highest BCUT2D eigenvalue weighted by Gasteiger charge is 2.19. The lowest BCUT2D eigenvalue weighted by molar-refractivity contribution is 0.150. The van der Waals surface area contributed by atoms with E-state index in [0.717, 1.165) is 11.0 Å². The maximum Gasteiger partial charge on any atom is 0.137 e. The molecule has 0 spiro atoms. The number of ether oxygens (including phenoxy) is 1. The Morgan fingerprint density at radius 2 is 2.12 bits per heavy atom. The second-order valence-electron chi connectivity index (χ2n) is 3.82. The normalized spacial score (nSPS) is 15.0. The number of aliphatic hydroxyl groups excluding tert-OH is 1. The summed E-state index contributed by atoms with van der Waals surface area (Å²) in [6, 6.07) is 5.04. The van der Waals surface area contributed by atoms with Crippen LogP contribution in [0.4, 0.5) is 0 Å². The fraction of sp³-hybridized carbons (Fsp3) is 0.333. The van der Waals surface area contributed by atoms with Crippen molar-refractivity contribution in [3.8, 4) is 5.75 Å². The first kappa shape index (κ1) is 11.0. The van der Waals surface area contributed by atoms with Gasteiger partial charge in [-0.15, -0.1) is 0 Å². The fourth-order valence-corrected chi connectivity index (χ4v) is 1.78. The number of aliphatic hydroxyl groups is 1. The molecule has 2 aromatic rings. The molecular weight excluding hydrogens is 206 g/mol. The minimum Gasteiger partial charge on any atom is -0.496 e. The van der Waals surface area contributed by atoms with Crippen LogP contribution >= 0.6 is 0 Å². The molecule has 1 heterocycles. The Morgan fingerprint density at radius 3 is 2.75 bits per heavy atom. The number of hydrogen-bond donors (Lipinski definition) is 2. The summed E-state index contributed by atoms with van der Waals surface area (Å²) in [4.78, 5) is 0. The van der Waals surface area contributed by atoms with E-state index in [2.05, 4.69) is 0 Å². The van der Waals surface area contributed by atoms with Crippen molar-refractivity contribution in [2.75, 3.05) is 7.11 Å². The van der Waals surface area contributed by atoms with Gasteiger partial charge in [0.05, 0.1) is 24.9 Å². The van der Waals surface area contributed by atoms with Crippen molar-refractivity contribution in [2.24, 2.45) is 5.73 Å². The SMILES string of the molecule is COc1c(C(O)C(C)N)ccc2occc12. The highest BCUT2D eigenvalue weighted by molar-refractivity contribution is 5.85. The molecule has 1 aromatic carbocycles. The van der Waals surface area contributed by atoms with Gasteiger partial charge in [0, 0.05) is 11.6 Å². The van der Waals surface area contributed by atoms with Crippen LogP contribution in [0.5, 0.6) is 5.75 Å². The Kier molecular flexibility index (Phi) is 2.85. The summed E-state index contributed by atoms with van der Waals surface area (Å²) >= 11 is 0. The van der Waals surface area contributed by atoms with Crippen LogP contribution in [0.15, 0.2) is 28.9 Å². The minimum absolute atomic E-state index is 0.349. The fourth-order valence-electron chi connectivity index (χ4n) is 1.78. The lowest BCUT2D eigenvalue weighted by atomic mass is 10.0. The minimum atomic E-state index is -0.741.